The summed E-state index contributed by atoms with van der Waals surface area (Å²) in [5.41, 5.74) is 1.90. The molecule has 1 saturated heterocycles. The van der Waals surface area contributed by atoms with Crippen LogP contribution in [0.15, 0.2) is 24.3 Å². The molecule has 0 aliphatic carbocycles. The number of carbonyl (C=O) groups is 2. The molecule has 0 radical (unpaired) electrons. The highest BCUT2D eigenvalue weighted by atomic mass is 16.2. The summed E-state index contributed by atoms with van der Waals surface area (Å²) >= 11 is 0. The lowest BCUT2D eigenvalue weighted by Gasteiger charge is -2.32. The van der Waals surface area contributed by atoms with E-state index in [1.54, 1.807) is 0 Å². The van der Waals surface area contributed by atoms with Gasteiger partial charge in [0.15, 0.2) is 0 Å². The number of nitrogens with zero attached hydrogens (tertiary/aromatic N) is 1. The molecule has 2 atom stereocenters. The van der Waals surface area contributed by atoms with Crippen LogP contribution in [0.2, 0.25) is 0 Å². The Morgan fingerprint density at radius 3 is 2.95 bits per heavy atom. The molecule has 5 nitrogen and oxygen atoms in total. The zero-order chi connectivity index (χ0) is 15.0. The Bertz CT molecular complexity index is 570. The lowest BCUT2D eigenvalue weighted by molar-refractivity contribution is -0.122. The number of rotatable bonds is 3. The minimum Gasteiger partial charge on any atom is -0.356 e. The van der Waals surface area contributed by atoms with Crippen molar-refractivity contribution in [1.82, 2.24) is 5.32 Å². The Morgan fingerprint density at radius 2 is 2.19 bits per heavy atom. The Balaban J connectivity index is 1.73. The predicted octanol–water partition coefficient (Wildman–Crippen LogP) is 1.75. The van der Waals surface area contributed by atoms with Crippen LogP contribution in [0.5, 0.6) is 0 Å². The molecule has 3 rings (SSSR count). The standard InChI is InChI=1S/C16H21N3O2/c1-10(2)7-15(20)17-11-8-14-16(21)18-12-5-3-4-6-13(12)19(14)9-11/h3-6,10-11,14H,7-9H2,1-2H3,(H,17,20)(H,18,21). The van der Waals surface area contributed by atoms with Crippen molar-refractivity contribution in [2.45, 2.75) is 38.8 Å². The molecule has 0 saturated carbocycles. The highest BCUT2D eigenvalue weighted by Crippen LogP contribution is 2.36. The van der Waals surface area contributed by atoms with Gasteiger partial charge in [-0.05, 0) is 24.5 Å². The van der Waals surface area contributed by atoms with Crippen molar-refractivity contribution in [2.75, 3.05) is 16.8 Å². The van der Waals surface area contributed by atoms with Crippen LogP contribution >= 0.6 is 0 Å². The van der Waals surface area contributed by atoms with E-state index >= 15 is 0 Å². The Labute approximate surface area is 124 Å². The van der Waals surface area contributed by atoms with Gasteiger partial charge in [-0.15, -0.1) is 0 Å². The number of para-hydroxylation sites is 2. The Hall–Kier alpha value is -2.04. The molecule has 112 valence electrons. The average Bonchev–Trinajstić information content (AvgIpc) is 2.82. The van der Waals surface area contributed by atoms with Crippen LogP contribution in [0.25, 0.3) is 0 Å². The van der Waals surface area contributed by atoms with Gasteiger partial charge in [-0.25, -0.2) is 0 Å². The van der Waals surface area contributed by atoms with Crippen LogP contribution in [0.1, 0.15) is 26.7 Å². The molecule has 2 amide bonds. The molecule has 2 heterocycles. The summed E-state index contributed by atoms with van der Waals surface area (Å²) in [4.78, 5) is 26.2. The number of benzene rings is 1. The normalized spacial score (nSPS) is 23.6. The van der Waals surface area contributed by atoms with Gasteiger partial charge >= 0.3 is 0 Å². The molecule has 1 aromatic carbocycles. The summed E-state index contributed by atoms with van der Waals surface area (Å²) < 4.78 is 0. The van der Waals surface area contributed by atoms with Crippen molar-refractivity contribution in [3.05, 3.63) is 24.3 Å². The van der Waals surface area contributed by atoms with Crippen molar-refractivity contribution >= 4 is 23.2 Å². The third-order valence-electron chi connectivity index (χ3n) is 4.03. The fourth-order valence-corrected chi connectivity index (χ4v) is 3.16. The van der Waals surface area contributed by atoms with E-state index in [1.807, 2.05) is 38.1 Å². The number of carbonyl (C=O) groups excluding carboxylic acids is 2. The molecular weight excluding hydrogens is 266 g/mol. The van der Waals surface area contributed by atoms with E-state index < -0.39 is 0 Å². The first-order chi connectivity index (χ1) is 10.0. The molecule has 1 aromatic rings. The molecule has 0 aromatic heterocycles. The molecule has 5 heteroatoms. The van der Waals surface area contributed by atoms with Crippen molar-refractivity contribution in [2.24, 2.45) is 5.92 Å². The molecular formula is C16H21N3O2. The highest BCUT2D eigenvalue weighted by Gasteiger charge is 2.41. The first-order valence-corrected chi connectivity index (χ1v) is 7.50. The molecule has 2 aliphatic rings. The van der Waals surface area contributed by atoms with Crippen molar-refractivity contribution in [3.63, 3.8) is 0 Å². The molecule has 21 heavy (non-hydrogen) atoms. The molecule has 2 aliphatic heterocycles. The van der Waals surface area contributed by atoms with Crippen LogP contribution in [-0.4, -0.2) is 30.4 Å². The summed E-state index contributed by atoms with van der Waals surface area (Å²) in [6.07, 6.45) is 1.20. The zero-order valence-corrected chi connectivity index (χ0v) is 12.4. The van der Waals surface area contributed by atoms with Gasteiger partial charge in [0.25, 0.3) is 0 Å². The maximum Gasteiger partial charge on any atom is 0.247 e. The van der Waals surface area contributed by atoms with E-state index in [-0.39, 0.29) is 23.9 Å². The molecule has 2 unspecified atom stereocenters. The fourth-order valence-electron chi connectivity index (χ4n) is 3.16. The molecule has 1 fully saturated rings. The second-order valence-electron chi connectivity index (χ2n) is 6.27. The maximum atomic E-state index is 12.2. The Morgan fingerprint density at radius 1 is 1.43 bits per heavy atom. The number of anilines is 2. The fraction of sp³-hybridized carbons (Fsp3) is 0.500. The van der Waals surface area contributed by atoms with E-state index in [1.165, 1.54) is 0 Å². The Kier molecular flexibility index (Phi) is 3.57. The summed E-state index contributed by atoms with van der Waals surface area (Å²) in [5.74, 6) is 0.441. The van der Waals surface area contributed by atoms with Crippen molar-refractivity contribution in [1.29, 1.82) is 0 Å². The number of hydrogen-bond donors (Lipinski definition) is 2. The van der Waals surface area contributed by atoms with Crippen LogP contribution in [-0.2, 0) is 9.59 Å². The molecule has 2 N–H and O–H groups in total. The van der Waals surface area contributed by atoms with Crippen LogP contribution < -0.4 is 15.5 Å². The number of fused-ring (bicyclic) bond motifs is 3. The summed E-state index contributed by atoms with van der Waals surface area (Å²) in [6, 6.07) is 7.67. The van der Waals surface area contributed by atoms with Crippen LogP contribution in [0, 0.1) is 5.92 Å². The van der Waals surface area contributed by atoms with Crippen molar-refractivity contribution < 1.29 is 9.59 Å². The smallest absolute Gasteiger partial charge is 0.247 e. The topological polar surface area (TPSA) is 61.4 Å². The van der Waals surface area contributed by atoms with E-state index in [0.29, 0.717) is 25.3 Å². The van der Waals surface area contributed by atoms with Crippen LogP contribution in [0.3, 0.4) is 0 Å². The first kappa shape index (κ1) is 13.9. The highest BCUT2D eigenvalue weighted by molar-refractivity contribution is 6.04. The average molecular weight is 287 g/mol. The quantitative estimate of drug-likeness (QED) is 0.890. The minimum absolute atomic E-state index is 0.0225. The SMILES string of the molecule is CC(C)CC(=O)NC1CC2C(=O)Nc3ccccc3N2C1. The third-order valence-corrected chi connectivity index (χ3v) is 4.03. The third kappa shape index (κ3) is 2.73. The van der Waals surface area contributed by atoms with Gasteiger partial charge in [-0.1, -0.05) is 26.0 Å². The van der Waals surface area contributed by atoms with Gasteiger partial charge < -0.3 is 15.5 Å². The first-order valence-electron chi connectivity index (χ1n) is 7.50. The van der Waals surface area contributed by atoms with E-state index in [4.69, 9.17) is 0 Å². The van der Waals surface area contributed by atoms with Gasteiger partial charge in [0.05, 0.1) is 11.4 Å². The van der Waals surface area contributed by atoms with E-state index in [9.17, 15) is 9.59 Å². The summed E-state index contributed by atoms with van der Waals surface area (Å²) in [7, 11) is 0. The monoisotopic (exact) mass is 287 g/mol. The van der Waals surface area contributed by atoms with E-state index in [0.717, 1.165) is 11.4 Å². The van der Waals surface area contributed by atoms with Gasteiger partial charge in [0.1, 0.15) is 6.04 Å². The van der Waals surface area contributed by atoms with E-state index in [2.05, 4.69) is 15.5 Å². The number of nitrogens with one attached hydrogen (secondary N) is 2. The number of amides is 2. The lowest BCUT2D eigenvalue weighted by atomic mass is 10.1. The predicted molar refractivity (Wildman–Crippen MR) is 82.2 cm³/mol. The van der Waals surface area contributed by atoms with Crippen LogP contribution in [0.4, 0.5) is 11.4 Å². The molecule has 0 bridgehead atoms. The summed E-state index contributed by atoms with van der Waals surface area (Å²) in [6.45, 7) is 4.75. The molecule has 0 spiro atoms. The second kappa shape index (κ2) is 5.39. The second-order valence-corrected chi connectivity index (χ2v) is 6.27. The lowest BCUT2D eigenvalue weighted by Crippen LogP contribution is -2.44. The minimum atomic E-state index is -0.177. The van der Waals surface area contributed by atoms with Gasteiger partial charge in [0.2, 0.25) is 11.8 Å². The van der Waals surface area contributed by atoms with Gasteiger partial charge in [-0.2, -0.15) is 0 Å². The summed E-state index contributed by atoms with van der Waals surface area (Å²) in [5, 5.41) is 6.00. The van der Waals surface area contributed by atoms with Crippen molar-refractivity contribution in [3.8, 4) is 0 Å². The maximum absolute atomic E-state index is 12.2. The zero-order valence-electron chi connectivity index (χ0n) is 12.4. The van der Waals surface area contributed by atoms with Gasteiger partial charge in [0, 0.05) is 19.0 Å². The largest absolute Gasteiger partial charge is 0.356 e. The number of hydrogen-bond acceptors (Lipinski definition) is 3. The van der Waals surface area contributed by atoms with Gasteiger partial charge in [-0.3, -0.25) is 9.59 Å².